The third kappa shape index (κ3) is 2.59. The number of thioether (sulfide) groups is 2. The number of rotatable bonds is 6. The molecule has 0 heterocycles. The summed E-state index contributed by atoms with van der Waals surface area (Å²) in [6.45, 7) is -1.22. The van der Waals surface area contributed by atoms with Crippen molar-refractivity contribution in [3.05, 3.63) is 9.81 Å². The normalized spacial score (nSPS) is 24.0. The van der Waals surface area contributed by atoms with Gasteiger partial charge >= 0.3 is 17.8 Å². The summed E-state index contributed by atoms with van der Waals surface area (Å²) in [6, 6.07) is 0. The summed E-state index contributed by atoms with van der Waals surface area (Å²) >= 11 is 0.143. The van der Waals surface area contributed by atoms with Crippen molar-refractivity contribution in [1.29, 1.82) is 0 Å². The molecular weight excluding hydrogens is 318 g/mol. The van der Waals surface area contributed by atoms with Crippen LogP contribution < -0.4 is 0 Å². The van der Waals surface area contributed by atoms with Crippen molar-refractivity contribution in [3.8, 4) is 0 Å². The largest absolute Gasteiger partial charge is 0.396 e. The van der Waals surface area contributed by atoms with E-state index in [1.807, 2.05) is 0 Å². The van der Waals surface area contributed by atoms with Gasteiger partial charge in [-0.2, -0.15) is 26.3 Å². The third-order valence-electron chi connectivity index (χ3n) is 2.24. The molecule has 2 nitrogen and oxygen atoms in total. The van der Waals surface area contributed by atoms with Gasteiger partial charge in [-0.05, 0) is 0 Å². The fourth-order valence-corrected chi connectivity index (χ4v) is 3.46. The molecule has 10 heteroatoms. The van der Waals surface area contributed by atoms with E-state index >= 15 is 0 Å². The average Bonchev–Trinajstić information content (AvgIpc) is 2.40. The number of alkyl halides is 6. The first-order valence-corrected chi connectivity index (χ1v) is 6.97. The lowest BCUT2D eigenvalue weighted by Crippen LogP contribution is -2.49. The Bertz CT molecular complexity index is 340. The van der Waals surface area contributed by atoms with Crippen molar-refractivity contribution >= 4 is 23.5 Å². The number of halogens is 6. The molecule has 0 spiro atoms. The fourth-order valence-electron chi connectivity index (χ4n) is 1.38. The highest BCUT2D eigenvalue weighted by atomic mass is 32.2. The first-order chi connectivity index (χ1) is 8.64. The van der Waals surface area contributed by atoms with Crippen LogP contribution in [0.15, 0.2) is 9.81 Å². The number of aliphatic hydroxyl groups is 2. The van der Waals surface area contributed by atoms with Crippen LogP contribution in [0.1, 0.15) is 0 Å². The van der Waals surface area contributed by atoms with E-state index < -0.39 is 52.3 Å². The Morgan fingerprint density at radius 3 is 1.32 bits per heavy atom. The summed E-state index contributed by atoms with van der Waals surface area (Å²) in [7, 11) is 0. The van der Waals surface area contributed by atoms with Gasteiger partial charge in [0, 0.05) is 11.5 Å². The molecule has 1 rings (SSSR count). The molecule has 112 valence electrons. The predicted octanol–water partition coefficient (Wildman–Crippen LogP) is 2.57. The van der Waals surface area contributed by atoms with Crippen molar-refractivity contribution < 1.29 is 36.6 Å². The molecule has 19 heavy (non-hydrogen) atoms. The second-order valence-corrected chi connectivity index (χ2v) is 5.74. The topological polar surface area (TPSA) is 40.5 Å². The van der Waals surface area contributed by atoms with Gasteiger partial charge in [0.15, 0.2) is 0 Å². The molecule has 0 radical (unpaired) electrons. The Kier molecular flexibility index (Phi) is 5.14. The molecule has 0 aromatic rings. The Balaban J connectivity index is 3.23. The number of hydrogen-bond donors (Lipinski definition) is 2. The van der Waals surface area contributed by atoms with Crippen LogP contribution >= 0.6 is 23.5 Å². The smallest absolute Gasteiger partial charge is 0.381 e. The molecule has 0 atom stereocenters. The van der Waals surface area contributed by atoms with Crippen LogP contribution in [0.5, 0.6) is 0 Å². The summed E-state index contributed by atoms with van der Waals surface area (Å²) < 4.78 is 80.0. The SMILES string of the molecule is OCCSC1=C(SCCO)C(F)(F)C(F)(F)C1(F)F. The lowest BCUT2D eigenvalue weighted by Gasteiger charge is -2.25. The Hall–Kier alpha value is -0.0600. The third-order valence-corrected chi connectivity index (χ3v) is 4.64. The van der Waals surface area contributed by atoms with E-state index in [0.717, 1.165) is 0 Å². The van der Waals surface area contributed by atoms with Gasteiger partial charge in [-0.1, -0.05) is 0 Å². The van der Waals surface area contributed by atoms with Gasteiger partial charge in [0.2, 0.25) is 0 Å². The van der Waals surface area contributed by atoms with E-state index in [1.165, 1.54) is 0 Å². The van der Waals surface area contributed by atoms with Crippen LogP contribution in [0.3, 0.4) is 0 Å². The molecule has 0 saturated heterocycles. The molecule has 0 bridgehead atoms. The van der Waals surface area contributed by atoms with Crippen molar-refractivity contribution in [2.24, 2.45) is 0 Å². The van der Waals surface area contributed by atoms with Gasteiger partial charge in [-0.3, -0.25) is 0 Å². The van der Waals surface area contributed by atoms with Crippen LogP contribution in [0.4, 0.5) is 26.3 Å². The van der Waals surface area contributed by atoms with E-state index in [2.05, 4.69) is 0 Å². The first-order valence-electron chi connectivity index (χ1n) is 5.00. The van der Waals surface area contributed by atoms with Gasteiger partial charge in [0.05, 0.1) is 23.0 Å². The maximum Gasteiger partial charge on any atom is 0.381 e. The summed E-state index contributed by atoms with van der Waals surface area (Å²) in [5.41, 5.74) is 0. The minimum Gasteiger partial charge on any atom is -0.396 e. The molecule has 0 fully saturated rings. The molecule has 0 aliphatic heterocycles. The lowest BCUT2D eigenvalue weighted by atomic mass is 10.2. The Morgan fingerprint density at radius 1 is 0.737 bits per heavy atom. The van der Waals surface area contributed by atoms with Crippen molar-refractivity contribution in [3.63, 3.8) is 0 Å². The van der Waals surface area contributed by atoms with E-state index in [-0.39, 0.29) is 23.5 Å². The average molecular weight is 328 g/mol. The quantitative estimate of drug-likeness (QED) is 0.735. The van der Waals surface area contributed by atoms with Gasteiger partial charge in [-0.25, -0.2) is 0 Å². The van der Waals surface area contributed by atoms with Crippen molar-refractivity contribution in [2.45, 2.75) is 17.8 Å². The lowest BCUT2D eigenvalue weighted by molar-refractivity contribution is -0.261. The van der Waals surface area contributed by atoms with Crippen LogP contribution in [0.2, 0.25) is 0 Å². The number of hydrogen-bond acceptors (Lipinski definition) is 4. The zero-order valence-electron chi connectivity index (χ0n) is 9.31. The van der Waals surface area contributed by atoms with Gasteiger partial charge in [0.1, 0.15) is 0 Å². The van der Waals surface area contributed by atoms with Crippen molar-refractivity contribution in [1.82, 2.24) is 0 Å². The molecule has 1 aliphatic carbocycles. The van der Waals surface area contributed by atoms with Crippen LogP contribution in [0, 0.1) is 0 Å². The van der Waals surface area contributed by atoms with E-state index in [4.69, 9.17) is 10.2 Å². The van der Waals surface area contributed by atoms with E-state index in [0.29, 0.717) is 0 Å². The molecule has 2 N–H and O–H groups in total. The highest BCUT2D eigenvalue weighted by Crippen LogP contribution is 2.64. The summed E-state index contributed by atoms with van der Waals surface area (Å²) in [5, 5.41) is 17.0. The standard InChI is InChI=1S/C9H10F6O2S2/c10-7(11)5(18-3-1-16)6(19-4-2-17)8(12,13)9(7,14)15/h16-17H,1-4H2. The summed E-state index contributed by atoms with van der Waals surface area (Å²) in [6.07, 6.45) is 0. The Morgan fingerprint density at radius 2 is 1.05 bits per heavy atom. The minimum atomic E-state index is -5.52. The highest BCUT2D eigenvalue weighted by Gasteiger charge is 2.80. The maximum atomic E-state index is 13.4. The van der Waals surface area contributed by atoms with E-state index in [1.54, 1.807) is 0 Å². The second-order valence-electron chi connectivity index (χ2n) is 3.53. The molecule has 0 amide bonds. The van der Waals surface area contributed by atoms with E-state index in [9.17, 15) is 26.3 Å². The van der Waals surface area contributed by atoms with Gasteiger partial charge in [-0.15, -0.1) is 23.5 Å². The van der Waals surface area contributed by atoms with Gasteiger partial charge in [0.25, 0.3) is 0 Å². The maximum absolute atomic E-state index is 13.4. The molecule has 0 unspecified atom stereocenters. The minimum absolute atomic E-state index is 0.0713. The fraction of sp³-hybridized carbons (Fsp3) is 0.778. The van der Waals surface area contributed by atoms with Gasteiger partial charge < -0.3 is 10.2 Å². The number of allylic oxidation sites excluding steroid dienone is 2. The number of aliphatic hydroxyl groups excluding tert-OH is 2. The molecule has 1 aliphatic rings. The Labute approximate surface area is 113 Å². The molecular formula is C9H10F6O2S2. The van der Waals surface area contributed by atoms with Crippen LogP contribution in [0.25, 0.3) is 0 Å². The predicted molar refractivity (Wildman–Crippen MR) is 61.0 cm³/mol. The van der Waals surface area contributed by atoms with Crippen molar-refractivity contribution in [2.75, 3.05) is 24.7 Å². The molecule has 0 aromatic carbocycles. The van der Waals surface area contributed by atoms with Crippen LogP contribution in [-0.4, -0.2) is 52.7 Å². The first kappa shape index (κ1) is 17.0. The summed E-state index contributed by atoms with van der Waals surface area (Å²) in [5.74, 6) is -16.3. The zero-order valence-corrected chi connectivity index (χ0v) is 10.9. The monoisotopic (exact) mass is 328 g/mol. The van der Waals surface area contributed by atoms with Crippen LogP contribution in [-0.2, 0) is 0 Å². The highest BCUT2D eigenvalue weighted by molar-refractivity contribution is 8.06. The molecule has 0 aromatic heterocycles. The zero-order chi connectivity index (χ0) is 14.9. The molecule has 0 saturated carbocycles. The summed E-state index contributed by atoms with van der Waals surface area (Å²) in [4.78, 5) is -2.87. The second kappa shape index (κ2) is 5.74.